The maximum atomic E-state index is 12.9. The zero-order valence-corrected chi connectivity index (χ0v) is 10.4. The van der Waals surface area contributed by atoms with E-state index in [-0.39, 0.29) is 18.0 Å². The van der Waals surface area contributed by atoms with Gasteiger partial charge in [-0.25, -0.2) is 8.78 Å². The summed E-state index contributed by atoms with van der Waals surface area (Å²) in [6, 6.07) is 0.955. The smallest absolute Gasteiger partial charge is 0.311 e. The highest BCUT2D eigenvalue weighted by Crippen LogP contribution is 2.32. The van der Waals surface area contributed by atoms with Crippen LogP contribution in [0.2, 0.25) is 0 Å². The van der Waals surface area contributed by atoms with Gasteiger partial charge in [-0.15, -0.1) is 0 Å². The normalized spacial score (nSPS) is 10.6. The average Bonchev–Trinajstić information content (AvgIpc) is 2.27. The Bertz CT molecular complexity index is 506. The standard InChI is InChI=1S/C11H12F2N2O4/c1-3-19-9(16)5-7-10(11(12)13)8(15(17)18)4-6(2)14-7/h4,11H,3,5H2,1-2H3. The molecule has 0 N–H and O–H groups in total. The van der Waals surface area contributed by atoms with Crippen molar-refractivity contribution in [3.63, 3.8) is 0 Å². The van der Waals surface area contributed by atoms with Crippen LogP contribution in [0.25, 0.3) is 0 Å². The van der Waals surface area contributed by atoms with Crippen LogP contribution < -0.4 is 0 Å². The van der Waals surface area contributed by atoms with E-state index in [2.05, 4.69) is 9.72 Å². The van der Waals surface area contributed by atoms with E-state index in [0.717, 1.165) is 6.07 Å². The average molecular weight is 274 g/mol. The van der Waals surface area contributed by atoms with Gasteiger partial charge < -0.3 is 4.74 Å². The highest BCUT2D eigenvalue weighted by Gasteiger charge is 2.28. The molecule has 0 radical (unpaired) electrons. The van der Waals surface area contributed by atoms with E-state index in [1.54, 1.807) is 6.92 Å². The second kappa shape index (κ2) is 6.17. The summed E-state index contributed by atoms with van der Waals surface area (Å²) < 4.78 is 30.5. The van der Waals surface area contributed by atoms with Gasteiger partial charge in [-0.1, -0.05) is 0 Å². The van der Waals surface area contributed by atoms with Gasteiger partial charge in [0.2, 0.25) is 0 Å². The lowest BCUT2D eigenvalue weighted by atomic mass is 10.1. The minimum atomic E-state index is -3.09. The number of hydrogen-bond donors (Lipinski definition) is 0. The topological polar surface area (TPSA) is 82.3 Å². The third-order valence-corrected chi connectivity index (χ3v) is 2.28. The van der Waals surface area contributed by atoms with Gasteiger partial charge >= 0.3 is 5.97 Å². The van der Waals surface area contributed by atoms with Crippen molar-refractivity contribution < 1.29 is 23.2 Å². The third-order valence-electron chi connectivity index (χ3n) is 2.28. The highest BCUT2D eigenvalue weighted by molar-refractivity contribution is 5.73. The molecule has 0 aliphatic carbocycles. The molecule has 0 aliphatic rings. The SMILES string of the molecule is CCOC(=O)Cc1nc(C)cc([N+](=O)[O-])c1C(F)F. The lowest BCUT2D eigenvalue weighted by Crippen LogP contribution is -2.13. The molecule has 0 aromatic carbocycles. The summed E-state index contributed by atoms with van der Waals surface area (Å²) in [6.45, 7) is 3.09. The maximum absolute atomic E-state index is 12.9. The molecule has 6 nitrogen and oxygen atoms in total. The van der Waals surface area contributed by atoms with Gasteiger partial charge in [0.15, 0.2) is 0 Å². The van der Waals surface area contributed by atoms with Crippen molar-refractivity contribution in [1.82, 2.24) is 4.98 Å². The first kappa shape index (κ1) is 14.9. The summed E-state index contributed by atoms with van der Waals surface area (Å²) in [5.41, 5.74) is -1.69. The highest BCUT2D eigenvalue weighted by atomic mass is 19.3. The van der Waals surface area contributed by atoms with Gasteiger partial charge in [0.1, 0.15) is 5.56 Å². The van der Waals surface area contributed by atoms with Crippen LogP contribution in [0.5, 0.6) is 0 Å². The summed E-state index contributed by atoms with van der Waals surface area (Å²) in [7, 11) is 0. The fraction of sp³-hybridized carbons (Fsp3) is 0.455. The Morgan fingerprint density at radius 3 is 2.68 bits per heavy atom. The number of aromatic nitrogens is 1. The Morgan fingerprint density at radius 1 is 1.58 bits per heavy atom. The van der Waals surface area contributed by atoms with Crippen molar-refractivity contribution in [1.29, 1.82) is 0 Å². The van der Waals surface area contributed by atoms with Crippen molar-refractivity contribution in [2.45, 2.75) is 26.7 Å². The van der Waals surface area contributed by atoms with Gasteiger partial charge in [0.25, 0.3) is 12.1 Å². The fourth-order valence-electron chi connectivity index (χ4n) is 1.60. The summed E-state index contributed by atoms with van der Waals surface area (Å²) in [5, 5.41) is 10.8. The van der Waals surface area contributed by atoms with Crippen molar-refractivity contribution >= 4 is 11.7 Å². The predicted octanol–water partition coefficient (Wildman–Crippen LogP) is 2.34. The summed E-state index contributed by atoms with van der Waals surface area (Å²) in [5.74, 6) is -0.753. The predicted molar refractivity (Wildman–Crippen MR) is 60.9 cm³/mol. The van der Waals surface area contributed by atoms with Crippen LogP contribution in [-0.4, -0.2) is 22.5 Å². The Balaban J connectivity index is 3.28. The van der Waals surface area contributed by atoms with E-state index < -0.39 is 35.0 Å². The molecule has 0 fully saturated rings. The van der Waals surface area contributed by atoms with Crippen molar-refractivity contribution in [2.75, 3.05) is 6.61 Å². The number of rotatable bonds is 5. The number of ether oxygens (including phenoxy) is 1. The number of nitrogens with zero attached hydrogens (tertiary/aromatic N) is 2. The van der Waals surface area contributed by atoms with Crippen LogP contribution in [0.4, 0.5) is 14.5 Å². The molecule has 0 amide bonds. The number of carbonyl (C=O) groups excluding carboxylic acids is 1. The maximum Gasteiger partial charge on any atom is 0.311 e. The number of esters is 1. The lowest BCUT2D eigenvalue weighted by Gasteiger charge is -2.09. The Kier molecular flexibility index (Phi) is 4.85. The molecule has 0 bridgehead atoms. The summed E-state index contributed by atoms with van der Waals surface area (Å²) >= 11 is 0. The molecule has 0 saturated heterocycles. The lowest BCUT2D eigenvalue weighted by molar-refractivity contribution is -0.386. The summed E-state index contributed by atoms with van der Waals surface area (Å²) in [6.07, 6.45) is -3.60. The number of hydrogen-bond acceptors (Lipinski definition) is 5. The number of carbonyl (C=O) groups is 1. The minimum absolute atomic E-state index is 0.0940. The zero-order valence-electron chi connectivity index (χ0n) is 10.4. The molecular weight excluding hydrogens is 262 g/mol. The van der Waals surface area contributed by atoms with E-state index in [1.165, 1.54) is 6.92 Å². The van der Waals surface area contributed by atoms with Gasteiger partial charge in [-0.05, 0) is 13.8 Å². The number of alkyl halides is 2. The molecule has 0 atom stereocenters. The molecule has 8 heteroatoms. The van der Waals surface area contributed by atoms with Crippen LogP contribution in [0.1, 0.15) is 30.3 Å². The Labute approximate surface area is 107 Å². The largest absolute Gasteiger partial charge is 0.466 e. The molecule has 1 rings (SSSR count). The first-order chi connectivity index (χ1) is 8.86. The van der Waals surface area contributed by atoms with Gasteiger partial charge in [0, 0.05) is 11.8 Å². The van der Waals surface area contributed by atoms with E-state index in [4.69, 9.17) is 0 Å². The molecule has 0 saturated carbocycles. The second-order valence-electron chi connectivity index (χ2n) is 3.68. The van der Waals surface area contributed by atoms with Crippen molar-refractivity contribution in [3.05, 3.63) is 33.1 Å². The fourth-order valence-corrected chi connectivity index (χ4v) is 1.60. The van der Waals surface area contributed by atoms with E-state index in [1.807, 2.05) is 0 Å². The van der Waals surface area contributed by atoms with Gasteiger partial charge in [0.05, 0.1) is 23.6 Å². The number of pyridine rings is 1. The van der Waals surface area contributed by atoms with Crippen LogP contribution in [0, 0.1) is 17.0 Å². The first-order valence-electron chi connectivity index (χ1n) is 5.45. The Hall–Kier alpha value is -2.12. The van der Waals surface area contributed by atoms with Gasteiger partial charge in [-0.3, -0.25) is 19.9 Å². The zero-order chi connectivity index (χ0) is 14.6. The first-order valence-corrected chi connectivity index (χ1v) is 5.45. The van der Waals surface area contributed by atoms with Crippen LogP contribution >= 0.6 is 0 Å². The second-order valence-corrected chi connectivity index (χ2v) is 3.68. The summed E-state index contributed by atoms with van der Waals surface area (Å²) in [4.78, 5) is 24.9. The van der Waals surface area contributed by atoms with Crippen molar-refractivity contribution in [3.8, 4) is 0 Å². The number of nitro groups is 1. The number of aryl methyl sites for hydroxylation is 1. The molecule has 1 aromatic rings. The van der Waals surface area contributed by atoms with E-state index in [9.17, 15) is 23.7 Å². The van der Waals surface area contributed by atoms with Crippen LogP contribution in [-0.2, 0) is 16.0 Å². The molecule has 0 unspecified atom stereocenters. The molecule has 0 aliphatic heterocycles. The number of halogens is 2. The molecule has 104 valence electrons. The molecule has 1 aromatic heterocycles. The molecule has 1 heterocycles. The molecule has 19 heavy (non-hydrogen) atoms. The van der Waals surface area contributed by atoms with Crippen molar-refractivity contribution in [2.24, 2.45) is 0 Å². The molecule has 0 spiro atoms. The minimum Gasteiger partial charge on any atom is -0.466 e. The van der Waals surface area contributed by atoms with Gasteiger partial charge in [-0.2, -0.15) is 0 Å². The quantitative estimate of drug-likeness (QED) is 0.467. The molecular formula is C11H12F2N2O4. The van der Waals surface area contributed by atoms with E-state index in [0.29, 0.717) is 0 Å². The van der Waals surface area contributed by atoms with Crippen LogP contribution in [0.3, 0.4) is 0 Å². The Morgan fingerprint density at radius 2 is 2.21 bits per heavy atom. The third kappa shape index (κ3) is 3.67. The monoisotopic (exact) mass is 274 g/mol. The van der Waals surface area contributed by atoms with Crippen LogP contribution in [0.15, 0.2) is 6.07 Å². The van der Waals surface area contributed by atoms with E-state index >= 15 is 0 Å².